The number of ether oxygens (including phenoxy) is 1. The van der Waals surface area contributed by atoms with Gasteiger partial charge in [-0.25, -0.2) is 4.98 Å². The van der Waals surface area contributed by atoms with Crippen molar-refractivity contribution in [2.45, 2.75) is 6.18 Å². The van der Waals surface area contributed by atoms with E-state index in [1.807, 2.05) is 0 Å². The SMILES string of the molecule is O=C(NCCN1CCNCC1)c1ccc(OCC(F)(F)F)nc1. The lowest BCUT2D eigenvalue weighted by molar-refractivity contribution is -0.154. The number of aromatic nitrogens is 1. The molecule has 1 saturated heterocycles. The Hall–Kier alpha value is -1.87. The van der Waals surface area contributed by atoms with Gasteiger partial charge in [-0.05, 0) is 6.07 Å². The first-order chi connectivity index (χ1) is 10.9. The van der Waals surface area contributed by atoms with Crippen LogP contribution in [0.5, 0.6) is 5.88 Å². The second-order valence-corrected chi connectivity index (χ2v) is 5.14. The van der Waals surface area contributed by atoms with Crippen LogP contribution in [-0.4, -0.2) is 67.8 Å². The van der Waals surface area contributed by atoms with Crippen molar-refractivity contribution >= 4 is 5.91 Å². The zero-order chi connectivity index (χ0) is 16.7. The van der Waals surface area contributed by atoms with Crippen LogP contribution in [0.15, 0.2) is 18.3 Å². The van der Waals surface area contributed by atoms with E-state index < -0.39 is 12.8 Å². The number of rotatable bonds is 6. The fourth-order valence-corrected chi connectivity index (χ4v) is 2.12. The molecule has 1 aromatic heterocycles. The Bertz CT molecular complexity index is 502. The van der Waals surface area contributed by atoms with Gasteiger partial charge < -0.3 is 15.4 Å². The molecule has 2 N–H and O–H groups in total. The molecule has 0 unspecified atom stereocenters. The molecular formula is C14H19F3N4O2. The van der Waals surface area contributed by atoms with Crippen molar-refractivity contribution in [1.82, 2.24) is 20.5 Å². The Kier molecular flexibility index (Phi) is 6.17. The Morgan fingerprint density at radius 2 is 2.09 bits per heavy atom. The van der Waals surface area contributed by atoms with Crippen LogP contribution in [-0.2, 0) is 0 Å². The summed E-state index contributed by atoms with van der Waals surface area (Å²) in [6.07, 6.45) is -3.21. The average Bonchev–Trinajstić information content (AvgIpc) is 2.54. The second kappa shape index (κ2) is 8.11. The normalized spacial score (nSPS) is 16.1. The van der Waals surface area contributed by atoms with Crippen molar-refractivity contribution in [3.63, 3.8) is 0 Å². The first-order valence-electron chi connectivity index (χ1n) is 7.31. The van der Waals surface area contributed by atoms with Crippen LogP contribution >= 0.6 is 0 Å². The summed E-state index contributed by atoms with van der Waals surface area (Å²) >= 11 is 0. The predicted molar refractivity (Wildman–Crippen MR) is 77.4 cm³/mol. The maximum Gasteiger partial charge on any atom is 0.422 e. The number of pyridine rings is 1. The fraction of sp³-hybridized carbons (Fsp3) is 0.571. The lowest BCUT2D eigenvalue weighted by atomic mass is 10.2. The number of hydrogen-bond acceptors (Lipinski definition) is 5. The van der Waals surface area contributed by atoms with Gasteiger partial charge in [-0.1, -0.05) is 0 Å². The fourth-order valence-electron chi connectivity index (χ4n) is 2.12. The molecule has 23 heavy (non-hydrogen) atoms. The van der Waals surface area contributed by atoms with Crippen LogP contribution in [0.4, 0.5) is 13.2 Å². The minimum absolute atomic E-state index is 0.167. The van der Waals surface area contributed by atoms with E-state index in [2.05, 4.69) is 25.3 Å². The van der Waals surface area contributed by atoms with E-state index >= 15 is 0 Å². The molecule has 9 heteroatoms. The van der Waals surface area contributed by atoms with Crippen molar-refractivity contribution in [3.8, 4) is 5.88 Å². The summed E-state index contributed by atoms with van der Waals surface area (Å²) in [4.78, 5) is 17.9. The third-order valence-corrected chi connectivity index (χ3v) is 3.31. The van der Waals surface area contributed by atoms with Gasteiger partial charge in [0.1, 0.15) is 0 Å². The molecule has 2 rings (SSSR count). The quantitative estimate of drug-likeness (QED) is 0.801. The number of nitrogens with one attached hydrogen (secondary N) is 2. The van der Waals surface area contributed by atoms with Crippen LogP contribution in [0.1, 0.15) is 10.4 Å². The summed E-state index contributed by atoms with van der Waals surface area (Å²) in [5, 5.41) is 6.01. The minimum Gasteiger partial charge on any atom is -0.468 e. The lowest BCUT2D eigenvalue weighted by Gasteiger charge is -2.27. The zero-order valence-corrected chi connectivity index (χ0v) is 12.5. The van der Waals surface area contributed by atoms with Crippen molar-refractivity contribution in [1.29, 1.82) is 0 Å². The Morgan fingerprint density at radius 3 is 2.70 bits per heavy atom. The molecule has 0 aromatic carbocycles. The van der Waals surface area contributed by atoms with E-state index in [4.69, 9.17) is 0 Å². The Labute approximate surface area is 132 Å². The number of halogens is 3. The van der Waals surface area contributed by atoms with Gasteiger partial charge >= 0.3 is 6.18 Å². The molecule has 0 saturated carbocycles. The number of carbonyl (C=O) groups is 1. The maximum atomic E-state index is 12.0. The summed E-state index contributed by atoms with van der Waals surface area (Å²) in [6.45, 7) is 3.63. The smallest absolute Gasteiger partial charge is 0.422 e. The van der Waals surface area contributed by atoms with Gasteiger partial charge in [0.2, 0.25) is 5.88 Å². The summed E-state index contributed by atoms with van der Waals surface area (Å²) in [5.41, 5.74) is 0.282. The van der Waals surface area contributed by atoms with Crippen molar-refractivity contribution < 1.29 is 22.7 Å². The minimum atomic E-state index is -4.41. The van der Waals surface area contributed by atoms with Crippen LogP contribution < -0.4 is 15.4 Å². The molecule has 1 amide bonds. The highest BCUT2D eigenvalue weighted by Crippen LogP contribution is 2.16. The van der Waals surface area contributed by atoms with Gasteiger partial charge in [-0.3, -0.25) is 9.69 Å². The van der Waals surface area contributed by atoms with Crippen LogP contribution in [0.3, 0.4) is 0 Å². The number of piperazine rings is 1. The van der Waals surface area contributed by atoms with E-state index in [1.54, 1.807) is 0 Å². The molecule has 1 aliphatic rings. The highest BCUT2D eigenvalue weighted by Gasteiger charge is 2.28. The summed E-state index contributed by atoms with van der Waals surface area (Å²) in [7, 11) is 0. The third kappa shape index (κ3) is 6.41. The van der Waals surface area contributed by atoms with Crippen LogP contribution in [0.2, 0.25) is 0 Å². The molecule has 2 heterocycles. The van der Waals surface area contributed by atoms with E-state index in [9.17, 15) is 18.0 Å². The predicted octanol–water partition coefficient (Wildman–Crippen LogP) is 0.658. The molecule has 0 spiro atoms. The van der Waals surface area contributed by atoms with Crippen molar-refractivity contribution in [2.24, 2.45) is 0 Å². The molecule has 0 bridgehead atoms. The van der Waals surface area contributed by atoms with Gasteiger partial charge in [-0.2, -0.15) is 13.2 Å². The van der Waals surface area contributed by atoms with E-state index in [0.29, 0.717) is 6.54 Å². The largest absolute Gasteiger partial charge is 0.468 e. The van der Waals surface area contributed by atoms with Gasteiger partial charge in [0, 0.05) is 51.5 Å². The standard InChI is InChI=1S/C14H19F3N4O2/c15-14(16,17)10-23-12-2-1-11(9-20-12)13(22)19-5-8-21-6-3-18-4-7-21/h1-2,9,18H,3-8,10H2,(H,19,22). The second-order valence-electron chi connectivity index (χ2n) is 5.14. The summed E-state index contributed by atoms with van der Waals surface area (Å²) < 4.78 is 40.5. The molecule has 1 aromatic rings. The first-order valence-corrected chi connectivity index (χ1v) is 7.31. The average molecular weight is 332 g/mol. The van der Waals surface area contributed by atoms with E-state index in [1.165, 1.54) is 18.3 Å². The number of nitrogens with zero attached hydrogens (tertiary/aromatic N) is 2. The number of alkyl halides is 3. The molecular weight excluding hydrogens is 313 g/mol. The molecule has 1 aliphatic heterocycles. The highest BCUT2D eigenvalue weighted by atomic mass is 19.4. The van der Waals surface area contributed by atoms with Gasteiger partial charge in [0.15, 0.2) is 6.61 Å². The van der Waals surface area contributed by atoms with E-state index in [-0.39, 0.29) is 17.4 Å². The maximum absolute atomic E-state index is 12.0. The molecule has 1 fully saturated rings. The topological polar surface area (TPSA) is 66.5 Å². The number of hydrogen-bond donors (Lipinski definition) is 2. The molecule has 0 atom stereocenters. The highest BCUT2D eigenvalue weighted by molar-refractivity contribution is 5.93. The first kappa shape index (κ1) is 17.5. The third-order valence-electron chi connectivity index (χ3n) is 3.31. The molecule has 6 nitrogen and oxygen atoms in total. The molecule has 0 aliphatic carbocycles. The zero-order valence-electron chi connectivity index (χ0n) is 12.5. The summed E-state index contributed by atoms with van der Waals surface area (Å²) in [6, 6.07) is 2.63. The number of carbonyl (C=O) groups excluding carboxylic acids is 1. The van der Waals surface area contributed by atoms with Gasteiger partial charge in [0.25, 0.3) is 5.91 Å². The van der Waals surface area contributed by atoms with Gasteiger partial charge in [-0.15, -0.1) is 0 Å². The lowest BCUT2D eigenvalue weighted by Crippen LogP contribution is -2.46. The Balaban J connectivity index is 1.73. The Morgan fingerprint density at radius 1 is 1.35 bits per heavy atom. The van der Waals surface area contributed by atoms with Crippen LogP contribution in [0.25, 0.3) is 0 Å². The monoisotopic (exact) mass is 332 g/mol. The van der Waals surface area contributed by atoms with Crippen LogP contribution in [0, 0.1) is 0 Å². The van der Waals surface area contributed by atoms with Gasteiger partial charge in [0.05, 0.1) is 5.56 Å². The molecule has 0 radical (unpaired) electrons. The number of amides is 1. The summed E-state index contributed by atoms with van der Waals surface area (Å²) in [5.74, 6) is -0.477. The van der Waals surface area contributed by atoms with Crippen molar-refractivity contribution in [3.05, 3.63) is 23.9 Å². The van der Waals surface area contributed by atoms with E-state index in [0.717, 1.165) is 32.7 Å². The molecule has 128 valence electrons. The van der Waals surface area contributed by atoms with Crippen molar-refractivity contribution in [2.75, 3.05) is 45.9 Å².